The Labute approximate surface area is 172 Å². The molecule has 0 radical (unpaired) electrons. The third kappa shape index (κ3) is 6.72. The first-order valence-corrected chi connectivity index (χ1v) is 13.6. The van der Waals surface area contributed by atoms with Gasteiger partial charge in [-0.2, -0.15) is 0 Å². The van der Waals surface area contributed by atoms with E-state index in [1.54, 1.807) is 12.3 Å². The quantitative estimate of drug-likeness (QED) is 0.354. The molecule has 0 aromatic heterocycles. The molecule has 2 aromatic rings. The van der Waals surface area contributed by atoms with Crippen molar-refractivity contribution in [3.8, 4) is 5.75 Å². The molecule has 2 nitrogen and oxygen atoms in total. The highest BCUT2D eigenvalue weighted by Gasteiger charge is 2.19. The van der Waals surface area contributed by atoms with Gasteiger partial charge in [-0.1, -0.05) is 72.9 Å². The van der Waals surface area contributed by atoms with Crippen LogP contribution in [-0.2, 0) is 0 Å². The smallest absolute Gasteiger partial charge is 0.119 e. The zero-order valence-electron chi connectivity index (χ0n) is 18.3. The van der Waals surface area contributed by atoms with E-state index in [4.69, 9.17) is 4.74 Å². The van der Waals surface area contributed by atoms with Gasteiger partial charge >= 0.3 is 0 Å². The van der Waals surface area contributed by atoms with Crippen LogP contribution in [0.25, 0.3) is 0 Å². The molecule has 2 rings (SSSR count). The van der Waals surface area contributed by atoms with Crippen molar-refractivity contribution < 1.29 is 4.74 Å². The highest BCUT2D eigenvalue weighted by Crippen LogP contribution is 2.26. The van der Waals surface area contributed by atoms with Gasteiger partial charge < -0.3 is 10.1 Å². The van der Waals surface area contributed by atoms with Crippen LogP contribution in [0.3, 0.4) is 0 Å². The van der Waals surface area contributed by atoms with Crippen LogP contribution in [0.2, 0.25) is 19.6 Å². The topological polar surface area (TPSA) is 21.3 Å². The molecule has 1 atom stereocenters. The Bertz CT molecular complexity index is 782. The molecule has 0 aliphatic rings. The number of hydrogen-bond donors (Lipinski definition) is 1. The van der Waals surface area contributed by atoms with Crippen molar-refractivity contribution in [1.82, 2.24) is 0 Å². The predicted molar refractivity (Wildman–Crippen MR) is 126 cm³/mol. The molecule has 0 spiro atoms. The molecule has 0 aliphatic carbocycles. The molecule has 150 valence electrons. The summed E-state index contributed by atoms with van der Waals surface area (Å²) in [6, 6.07) is 19.0. The van der Waals surface area contributed by atoms with E-state index < -0.39 is 8.07 Å². The Kier molecular flexibility index (Phi) is 8.13. The molecular formula is C25H35NOSi. The number of allylic oxidation sites excluding steroid dienone is 3. The highest BCUT2D eigenvalue weighted by molar-refractivity contribution is 6.83. The summed E-state index contributed by atoms with van der Waals surface area (Å²) >= 11 is 0. The minimum atomic E-state index is -1.26. The van der Waals surface area contributed by atoms with Crippen molar-refractivity contribution in [3.05, 3.63) is 83.1 Å². The number of hydrogen-bond acceptors (Lipinski definition) is 2. The van der Waals surface area contributed by atoms with Gasteiger partial charge in [0.25, 0.3) is 0 Å². The second-order valence-corrected chi connectivity index (χ2v) is 13.6. The normalized spacial score (nSPS) is 12.6. The lowest BCUT2D eigenvalue weighted by Gasteiger charge is -2.22. The number of methoxy groups -OCH3 is 1. The zero-order chi connectivity index (χ0) is 20.6. The zero-order valence-corrected chi connectivity index (χ0v) is 19.3. The third-order valence-electron chi connectivity index (χ3n) is 5.00. The minimum Gasteiger partial charge on any atom is -0.497 e. The number of benzene rings is 2. The van der Waals surface area contributed by atoms with Crippen LogP contribution in [-0.4, -0.2) is 15.2 Å². The Hall–Kier alpha value is -2.26. The van der Waals surface area contributed by atoms with Crippen molar-refractivity contribution in [2.45, 2.75) is 52.4 Å². The molecule has 0 bridgehead atoms. The molecule has 0 fully saturated rings. The van der Waals surface area contributed by atoms with Gasteiger partial charge in [0.1, 0.15) is 5.75 Å². The van der Waals surface area contributed by atoms with Crippen LogP contribution in [0.5, 0.6) is 5.75 Å². The highest BCUT2D eigenvalue weighted by atomic mass is 28.3. The lowest BCUT2D eigenvalue weighted by atomic mass is 10.0. The maximum absolute atomic E-state index is 5.27. The molecule has 2 aromatic carbocycles. The van der Waals surface area contributed by atoms with Crippen molar-refractivity contribution in [2.24, 2.45) is 0 Å². The average Bonchev–Trinajstić information content (AvgIpc) is 2.66. The van der Waals surface area contributed by atoms with E-state index in [9.17, 15) is 0 Å². The van der Waals surface area contributed by atoms with Crippen LogP contribution in [0, 0.1) is 0 Å². The van der Waals surface area contributed by atoms with Crippen molar-refractivity contribution in [1.29, 1.82) is 0 Å². The van der Waals surface area contributed by atoms with Gasteiger partial charge in [0, 0.05) is 5.69 Å². The van der Waals surface area contributed by atoms with E-state index >= 15 is 0 Å². The van der Waals surface area contributed by atoms with Gasteiger partial charge in [-0.25, -0.2) is 0 Å². The first-order valence-electron chi connectivity index (χ1n) is 10.1. The molecule has 1 unspecified atom stereocenters. The van der Waals surface area contributed by atoms with Gasteiger partial charge in [0.15, 0.2) is 0 Å². The van der Waals surface area contributed by atoms with Crippen LogP contribution < -0.4 is 10.1 Å². The Balaban J connectivity index is 2.11. The largest absolute Gasteiger partial charge is 0.497 e. The second kappa shape index (κ2) is 10.3. The van der Waals surface area contributed by atoms with E-state index in [-0.39, 0.29) is 6.04 Å². The molecule has 0 saturated heterocycles. The van der Waals surface area contributed by atoms with Gasteiger partial charge in [-0.05, 0) is 56.5 Å². The molecule has 1 N–H and O–H groups in total. The second-order valence-electron chi connectivity index (χ2n) is 8.48. The van der Waals surface area contributed by atoms with E-state index in [1.807, 2.05) is 12.1 Å². The fourth-order valence-electron chi connectivity index (χ4n) is 3.55. The fourth-order valence-corrected chi connectivity index (χ4v) is 5.78. The lowest BCUT2D eigenvalue weighted by Crippen LogP contribution is -2.24. The monoisotopic (exact) mass is 393 g/mol. The summed E-state index contributed by atoms with van der Waals surface area (Å²) in [5, 5.41) is 5.33. The molecular weight excluding hydrogens is 358 g/mol. The van der Waals surface area contributed by atoms with Gasteiger partial charge in [-0.3, -0.25) is 0 Å². The maximum atomic E-state index is 5.27. The SMILES string of the molecule is COc1ccc(NC(C/C=C/CC(=C(C)C)[Si](C)(C)C)c2ccccc2)cc1. The molecule has 3 heteroatoms. The van der Waals surface area contributed by atoms with Crippen molar-refractivity contribution in [2.75, 3.05) is 12.4 Å². The summed E-state index contributed by atoms with van der Waals surface area (Å²) in [6.45, 7) is 11.8. The fraction of sp³-hybridized carbons (Fsp3) is 0.360. The summed E-state index contributed by atoms with van der Waals surface area (Å²) in [5.74, 6) is 0.877. The van der Waals surface area contributed by atoms with E-state index in [1.165, 1.54) is 11.1 Å². The van der Waals surface area contributed by atoms with E-state index in [0.29, 0.717) is 0 Å². The van der Waals surface area contributed by atoms with Crippen LogP contribution in [0.15, 0.2) is 77.5 Å². The number of ether oxygens (including phenoxy) is 1. The molecule has 0 aliphatic heterocycles. The standard InChI is InChI=1S/C25H35NOSi/c1-20(2)25(28(4,5)6)15-11-10-14-24(21-12-8-7-9-13-21)26-22-16-18-23(27-3)19-17-22/h7-13,16-19,24,26H,14-15H2,1-6H3/b11-10+. The van der Waals surface area contributed by atoms with Crippen LogP contribution in [0.1, 0.15) is 38.3 Å². The van der Waals surface area contributed by atoms with Gasteiger partial charge in [0.05, 0.1) is 21.2 Å². The molecule has 0 saturated carbocycles. The van der Waals surface area contributed by atoms with E-state index in [0.717, 1.165) is 24.3 Å². The lowest BCUT2D eigenvalue weighted by molar-refractivity contribution is 0.415. The number of rotatable bonds is 9. The van der Waals surface area contributed by atoms with Crippen LogP contribution >= 0.6 is 0 Å². The van der Waals surface area contributed by atoms with Crippen molar-refractivity contribution >= 4 is 13.8 Å². The first kappa shape index (κ1) is 22.0. The summed E-state index contributed by atoms with van der Waals surface area (Å²) in [4.78, 5) is 0. The molecule has 28 heavy (non-hydrogen) atoms. The predicted octanol–water partition coefficient (Wildman–Crippen LogP) is 7.40. The minimum absolute atomic E-state index is 0.243. The average molecular weight is 394 g/mol. The summed E-state index contributed by atoms with van der Waals surface area (Å²) in [6.07, 6.45) is 6.71. The number of nitrogens with one attached hydrogen (secondary N) is 1. The Morgan fingerprint density at radius 3 is 2.14 bits per heavy atom. The number of anilines is 1. The summed E-state index contributed by atoms with van der Waals surface area (Å²) in [5.41, 5.74) is 3.89. The maximum Gasteiger partial charge on any atom is 0.119 e. The summed E-state index contributed by atoms with van der Waals surface area (Å²) in [7, 11) is 0.436. The Morgan fingerprint density at radius 2 is 1.61 bits per heavy atom. The Morgan fingerprint density at radius 1 is 0.964 bits per heavy atom. The third-order valence-corrected chi connectivity index (χ3v) is 7.52. The first-order chi connectivity index (χ1) is 13.3. The molecule has 0 heterocycles. The summed E-state index contributed by atoms with van der Waals surface area (Å²) < 4.78 is 5.27. The van der Waals surface area contributed by atoms with Gasteiger partial charge in [-0.15, -0.1) is 0 Å². The van der Waals surface area contributed by atoms with E-state index in [2.05, 4.69) is 93.4 Å². The van der Waals surface area contributed by atoms with Crippen molar-refractivity contribution in [3.63, 3.8) is 0 Å². The molecule has 0 amide bonds. The van der Waals surface area contributed by atoms with Gasteiger partial charge in [0.2, 0.25) is 0 Å². The van der Waals surface area contributed by atoms with Crippen LogP contribution in [0.4, 0.5) is 5.69 Å².